The normalized spacial score (nSPS) is 21.2. The first-order chi connectivity index (χ1) is 7.84. The summed E-state index contributed by atoms with van der Waals surface area (Å²) in [6.07, 6.45) is 6.39. The van der Waals surface area contributed by atoms with Crippen LogP contribution in [-0.2, 0) is 5.41 Å². The van der Waals surface area contributed by atoms with Crippen molar-refractivity contribution in [1.82, 2.24) is 0 Å². The molecule has 0 aromatic heterocycles. The van der Waals surface area contributed by atoms with Gasteiger partial charge in [-0.05, 0) is 30.5 Å². The van der Waals surface area contributed by atoms with E-state index in [0.717, 1.165) is 18.0 Å². The molecule has 82 valence electrons. The molecule has 0 atom stereocenters. The van der Waals surface area contributed by atoms with Gasteiger partial charge in [0.1, 0.15) is 5.75 Å². The van der Waals surface area contributed by atoms with E-state index in [1.54, 1.807) is 0 Å². The second-order valence-corrected chi connectivity index (χ2v) is 4.92. The average Bonchev–Trinajstić information content (AvgIpc) is 2.69. The van der Waals surface area contributed by atoms with Gasteiger partial charge in [0.15, 0.2) is 5.69 Å². The molecule has 0 saturated heterocycles. The number of nitrogens with zero attached hydrogens (tertiary/aromatic N) is 1. The van der Waals surface area contributed by atoms with Crippen molar-refractivity contribution in [3.05, 3.63) is 35.2 Å². The molecule has 0 amide bonds. The van der Waals surface area contributed by atoms with Gasteiger partial charge in [-0.2, -0.15) is 0 Å². The Balaban J connectivity index is 2.06. The van der Waals surface area contributed by atoms with Crippen LogP contribution in [0.1, 0.15) is 37.7 Å². The average molecular weight is 213 g/mol. The Bertz CT molecular complexity index is 447. The van der Waals surface area contributed by atoms with Crippen molar-refractivity contribution < 1.29 is 4.74 Å². The summed E-state index contributed by atoms with van der Waals surface area (Å²) in [6, 6.07) is 5.86. The predicted octanol–water partition coefficient (Wildman–Crippen LogP) is 3.83. The molecule has 1 saturated carbocycles. The highest BCUT2D eigenvalue weighted by Crippen LogP contribution is 2.48. The lowest BCUT2D eigenvalue weighted by molar-refractivity contribution is 0.212. The summed E-state index contributed by atoms with van der Waals surface area (Å²) in [5.41, 5.74) is 2.27. The van der Waals surface area contributed by atoms with E-state index in [4.69, 9.17) is 11.3 Å². The number of fused-ring (bicyclic) bond motifs is 2. The lowest BCUT2D eigenvalue weighted by Crippen LogP contribution is -2.30. The molecular weight excluding hydrogens is 198 g/mol. The summed E-state index contributed by atoms with van der Waals surface area (Å²) in [5, 5.41) is 0. The molecule has 2 heteroatoms. The predicted molar refractivity (Wildman–Crippen MR) is 63.0 cm³/mol. The molecule has 1 aromatic rings. The molecule has 0 radical (unpaired) electrons. The van der Waals surface area contributed by atoms with E-state index < -0.39 is 0 Å². The summed E-state index contributed by atoms with van der Waals surface area (Å²) in [7, 11) is 0. The number of ether oxygens (including phenoxy) is 1. The van der Waals surface area contributed by atoms with Gasteiger partial charge in [0, 0.05) is 5.41 Å². The summed E-state index contributed by atoms with van der Waals surface area (Å²) in [4.78, 5) is 3.52. The van der Waals surface area contributed by atoms with Crippen molar-refractivity contribution in [2.45, 2.75) is 37.5 Å². The summed E-state index contributed by atoms with van der Waals surface area (Å²) >= 11 is 0. The zero-order valence-electron chi connectivity index (χ0n) is 9.33. The van der Waals surface area contributed by atoms with Crippen LogP contribution in [-0.4, -0.2) is 6.61 Å². The molecule has 1 heterocycles. The third kappa shape index (κ3) is 1.31. The van der Waals surface area contributed by atoms with E-state index in [-0.39, 0.29) is 5.41 Å². The maximum absolute atomic E-state index is 7.09. The summed E-state index contributed by atoms with van der Waals surface area (Å²) < 4.78 is 5.79. The van der Waals surface area contributed by atoms with Gasteiger partial charge in [-0.1, -0.05) is 25.3 Å². The Morgan fingerprint density at radius 1 is 1.19 bits per heavy atom. The molecule has 2 nitrogen and oxygen atoms in total. The minimum atomic E-state index is 0.230. The molecule has 1 aliphatic carbocycles. The van der Waals surface area contributed by atoms with Gasteiger partial charge in [-0.3, -0.25) is 0 Å². The Labute approximate surface area is 96.1 Å². The van der Waals surface area contributed by atoms with Gasteiger partial charge in [-0.25, -0.2) is 4.85 Å². The van der Waals surface area contributed by atoms with Gasteiger partial charge < -0.3 is 4.74 Å². The smallest absolute Gasteiger partial charge is 0.187 e. The van der Waals surface area contributed by atoms with E-state index in [2.05, 4.69) is 4.85 Å². The molecule has 1 spiro atoms. The second-order valence-electron chi connectivity index (χ2n) is 4.92. The van der Waals surface area contributed by atoms with Crippen LogP contribution in [0.4, 0.5) is 5.69 Å². The van der Waals surface area contributed by atoms with Crippen LogP contribution in [0, 0.1) is 6.57 Å². The first-order valence-electron chi connectivity index (χ1n) is 5.99. The zero-order valence-corrected chi connectivity index (χ0v) is 9.33. The van der Waals surface area contributed by atoms with Crippen LogP contribution in [0.5, 0.6) is 5.75 Å². The van der Waals surface area contributed by atoms with Crippen LogP contribution >= 0.6 is 0 Å². The third-order valence-electron chi connectivity index (χ3n) is 3.98. The van der Waals surface area contributed by atoms with Crippen LogP contribution in [0.25, 0.3) is 4.85 Å². The Hall–Kier alpha value is -1.49. The van der Waals surface area contributed by atoms with E-state index in [0.29, 0.717) is 0 Å². The van der Waals surface area contributed by atoms with Gasteiger partial charge in [-0.15, -0.1) is 0 Å². The van der Waals surface area contributed by atoms with Crippen molar-refractivity contribution in [3.63, 3.8) is 0 Å². The number of hydrogen-bond donors (Lipinski definition) is 0. The van der Waals surface area contributed by atoms with Crippen LogP contribution in [0.15, 0.2) is 18.2 Å². The van der Waals surface area contributed by atoms with Crippen molar-refractivity contribution in [2.75, 3.05) is 6.61 Å². The lowest BCUT2D eigenvalue weighted by Gasteiger charge is -2.32. The molecule has 2 aliphatic rings. The molecule has 1 fully saturated rings. The van der Waals surface area contributed by atoms with E-state index in [1.807, 2.05) is 18.2 Å². The molecule has 0 N–H and O–H groups in total. The number of benzene rings is 1. The Morgan fingerprint density at radius 3 is 2.75 bits per heavy atom. The maximum Gasteiger partial charge on any atom is 0.187 e. The molecule has 1 aromatic carbocycles. The highest BCUT2D eigenvalue weighted by Gasteiger charge is 2.41. The van der Waals surface area contributed by atoms with Gasteiger partial charge >= 0.3 is 0 Å². The summed E-state index contributed by atoms with van der Waals surface area (Å²) in [6.45, 7) is 7.92. The van der Waals surface area contributed by atoms with Crippen molar-refractivity contribution in [3.8, 4) is 5.75 Å². The van der Waals surface area contributed by atoms with Crippen LogP contribution in [0.2, 0.25) is 0 Å². The quantitative estimate of drug-likeness (QED) is 0.597. The molecule has 0 unspecified atom stereocenters. The van der Waals surface area contributed by atoms with E-state index in [1.165, 1.54) is 37.7 Å². The van der Waals surface area contributed by atoms with Crippen molar-refractivity contribution in [2.24, 2.45) is 0 Å². The standard InChI is InChI=1S/C14H15NO/c1-15-11-5-6-13-12(9-11)14(10-16-13)7-3-2-4-8-14/h5-6,9H,2-4,7-8,10H2. The highest BCUT2D eigenvalue weighted by atomic mass is 16.5. The topological polar surface area (TPSA) is 13.6 Å². The highest BCUT2D eigenvalue weighted by molar-refractivity contribution is 5.56. The lowest BCUT2D eigenvalue weighted by atomic mass is 9.71. The van der Waals surface area contributed by atoms with Crippen molar-refractivity contribution in [1.29, 1.82) is 0 Å². The minimum absolute atomic E-state index is 0.230. The first kappa shape index (κ1) is 9.72. The number of rotatable bonds is 0. The third-order valence-corrected chi connectivity index (χ3v) is 3.98. The van der Waals surface area contributed by atoms with Crippen LogP contribution < -0.4 is 4.74 Å². The monoisotopic (exact) mass is 213 g/mol. The van der Waals surface area contributed by atoms with Crippen molar-refractivity contribution >= 4 is 5.69 Å². The maximum atomic E-state index is 7.09. The largest absolute Gasteiger partial charge is 0.492 e. The molecule has 0 bridgehead atoms. The fraction of sp³-hybridized carbons (Fsp3) is 0.500. The molecule has 1 aliphatic heterocycles. The van der Waals surface area contributed by atoms with Crippen LogP contribution in [0.3, 0.4) is 0 Å². The minimum Gasteiger partial charge on any atom is -0.492 e. The Kier molecular flexibility index (Phi) is 2.14. The Morgan fingerprint density at radius 2 is 2.00 bits per heavy atom. The first-order valence-corrected chi connectivity index (χ1v) is 5.99. The molecular formula is C14H15NO. The fourth-order valence-corrected chi connectivity index (χ4v) is 3.06. The SMILES string of the molecule is [C-]#[N+]c1ccc2c(c1)C1(CCCCC1)CO2. The summed E-state index contributed by atoms with van der Waals surface area (Å²) in [5.74, 6) is 1.01. The number of hydrogen-bond acceptors (Lipinski definition) is 1. The fourth-order valence-electron chi connectivity index (χ4n) is 3.06. The zero-order chi connectivity index (χ0) is 11.0. The molecule has 16 heavy (non-hydrogen) atoms. The van der Waals surface area contributed by atoms with Gasteiger partial charge in [0.2, 0.25) is 0 Å². The second kappa shape index (κ2) is 3.52. The van der Waals surface area contributed by atoms with E-state index >= 15 is 0 Å². The van der Waals surface area contributed by atoms with Gasteiger partial charge in [0.25, 0.3) is 0 Å². The van der Waals surface area contributed by atoms with Gasteiger partial charge in [0.05, 0.1) is 13.2 Å². The van der Waals surface area contributed by atoms with E-state index in [9.17, 15) is 0 Å². The molecule has 3 rings (SSSR count).